The van der Waals surface area contributed by atoms with Gasteiger partial charge >= 0.3 is 6.18 Å². The number of nitrogens with zero attached hydrogens (tertiary/aromatic N) is 1. The van der Waals surface area contributed by atoms with Crippen LogP contribution >= 0.6 is 15.9 Å². The second-order valence-electron chi connectivity index (χ2n) is 2.42. The third-order valence-corrected chi connectivity index (χ3v) is 2.06. The van der Waals surface area contributed by atoms with Gasteiger partial charge in [0.25, 0.3) is 5.91 Å². The fraction of sp³-hybridized carbons (Fsp3) is 0.143. The van der Waals surface area contributed by atoms with Gasteiger partial charge in [-0.05, 0) is 22.0 Å². The first-order chi connectivity index (χ1) is 6.32. The number of alkyl halides is 3. The van der Waals surface area contributed by atoms with Gasteiger partial charge in [0.2, 0.25) is 0 Å². The molecule has 7 heteroatoms. The van der Waals surface area contributed by atoms with Crippen LogP contribution in [0.2, 0.25) is 0 Å². The zero-order valence-corrected chi connectivity index (χ0v) is 8.19. The highest BCUT2D eigenvalue weighted by molar-refractivity contribution is 9.10. The molecule has 1 aromatic heterocycles. The summed E-state index contributed by atoms with van der Waals surface area (Å²) in [5.74, 6) is -0.963. The average molecular weight is 269 g/mol. The van der Waals surface area contributed by atoms with E-state index in [2.05, 4.69) is 20.9 Å². The van der Waals surface area contributed by atoms with Crippen LogP contribution in [0.5, 0.6) is 0 Å². The number of carbonyl (C=O) groups is 1. The van der Waals surface area contributed by atoms with Gasteiger partial charge in [0.1, 0.15) is 4.60 Å². The third-order valence-electron chi connectivity index (χ3n) is 1.43. The van der Waals surface area contributed by atoms with Gasteiger partial charge in [-0.15, -0.1) is 0 Å². The third kappa shape index (κ3) is 2.22. The second kappa shape index (κ2) is 3.56. The molecule has 0 aliphatic carbocycles. The van der Waals surface area contributed by atoms with Crippen molar-refractivity contribution in [1.82, 2.24) is 4.98 Å². The van der Waals surface area contributed by atoms with Crippen LogP contribution in [0.3, 0.4) is 0 Å². The lowest BCUT2D eigenvalue weighted by molar-refractivity contribution is -0.137. The number of amides is 1. The van der Waals surface area contributed by atoms with Gasteiger partial charge in [-0.2, -0.15) is 13.2 Å². The molecular formula is C7H4BrF3N2O. The van der Waals surface area contributed by atoms with Gasteiger partial charge in [0.15, 0.2) is 0 Å². The monoisotopic (exact) mass is 268 g/mol. The molecule has 14 heavy (non-hydrogen) atoms. The Morgan fingerprint density at radius 2 is 2.07 bits per heavy atom. The summed E-state index contributed by atoms with van der Waals surface area (Å²) in [5.41, 5.74) is 3.55. The molecule has 0 spiro atoms. The molecule has 1 rings (SSSR count). The maximum absolute atomic E-state index is 12.2. The van der Waals surface area contributed by atoms with Crippen LogP contribution in [0, 0.1) is 0 Å². The van der Waals surface area contributed by atoms with Crippen LogP contribution in [0.15, 0.2) is 16.9 Å². The minimum absolute atomic E-state index is 0.00185. The maximum Gasteiger partial charge on any atom is 0.417 e. The summed E-state index contributed by atoms with van der Waals surface area (Å²) in [6.45, 7) is 0. The molecule has 1 aromatic rings. The van der Waals surface area contributed by atoms with Gasteiger partial charge in [-0.3, -0.25) is 4.79 Å². The first kappa shape index (κ1) is 11.0. The predicted molar refractivity (Wildman–Crippen MR) is 45.5 cm³/mol. The lowest BCUT2D eigenvalue weighted by atomic mass is 10.2. The van der Waals surface area contributed by atoms with Crippen molar-refractivity contribution in [2.24, 2.45) is 5.73 Å². The molecule has 0 aromatic carbocycles. The van der Waals surface area contributed by atoms with Crippen LogP contribution in [-0.2, 0) is 6.18 Å². The lowest BCUT2D eigenvalue weighted by Crippen LogP contribution is -2.15. The summed E-state index contributed by atoms with van der Waals surface area (Å²) in [6.07, 6.45) is -3.91. The molecule has 0 fully saturated rings. The Morgan fingerprint density at radius 3 is 2.50 bits per heavy atom. The Balaban J connectivity index is 3.27. The van der Waals surface area contributed by atoms with Crippen LogP contribution in [0.4, 0.5) is 13.2 Å². The summed E-state index contributed by atoms with van der Waals surface area (Å²) in [4.78, 5) is 14.0. The first-order valence-corrected chi connectivity index (χ1v) is 4.14. The first-order valence-electron chi connectivity index (χ1n) is 3.35. The van der Waals surface area contributed by atoms with Gasteiger partial charge < -0.3 is 5.73 Å². The minimum Gasteiger partial charge on any atom is -0.366 e. The van der Waals surface area contributed by atoms with Crippen LogP contribution < -0.4 is 5.73 Å². The highest BCUT2D eigenvalue weighted by Gasteiger charge is 2.32. The highest BCUT2D eigenvalue weighted by Crippen LogP contribution is 2.30. The van der Waals surface area contributed by atoms with Crippen molar-refractivity contribution in [2.75, 3.05) is 0 Å². The van der Waals surface area contributed by atoms with Crippen LogP contribution in [0.1, 0.15) is 15.9 Å². The Morgan fingerprint density at radius 1 is 1.50 bits per heavy atom. The van der Waals surface area contributed by atoms with Gasteiger partial charge in [-0.1, -0.05) is 0 Å². The Bertz CT molecular complexity index is 378. The van der Waals surface area contributed by atoms with E-state index in [9.17, 15) is 18.0 Å². The highest BCUT2D eigenvalue weighted by atomic mass is 79.9. The SMILES string of the molecule is NC(=O)c1cc(C(F)(F)F)cnc1Br. The number of halogens is 4. The van der Waals surface area contributed by atoms with Crippen molar-refractivity contribution < 1.29 is 18.0 Å². The fourth-order valence-electron chi connectivity index (χ4n) is 0.776. The Labute approximate surface area is 85.2 Å². The molecule has 0 atom stereocenters. The van der Waals surface area contributed by atoms with Crippen molar-refractivity contribution in [3.05, 3.63) is 28.0 Å². The molecule has 3 nitrogen and oxygen atoms in total. The average Bonchev–Trinajstić information content (AvgIpc) is 2.02. The van der Waals surface area contributed by atoms with Crippen molar-refractivity contribution in [1.29, 1.82) is 0 Å². The summed E-state index contributed by atoms with van der Waals surface area (Å²) in [6, 6.07) is 0.652. The van der Waals surface area contributed by atoms with Crippen molar-refractivity contribution in [3.8, 4) is 0 Å². The molecule has 1 amide bonds. The van der Waals surface area contributed by atoms with Gasteiger partial charge in [0.05, 0.1) is 11.1 Å². The molecule has 0 bridgehead atoms. The van der Waals surface area contributed by atoms with E-state index < -0.39 is 17.6 Å². The number of pyridine rings is 1. The van der Waals surface area contributed by atoms with E-state index >= 15 is 0 Å². The smallest absolute Gasteiger partial charge is 0.366 e. The zero-order chi connectivity index (χ0) is 10.9. The number of carbonyl (C=O) groups excluding carboxylic acids is 1. The Kier molecular flexibility index (Phi) is 2.79. The van der Waals surface area contributed by atoms with Gasteiger partial charge in [0, 0.05) is 6.20 Å². The largest absolute Gasteiger partial charge is 0.417 e. The molecule has 76 valence electrons. The van der Waals surface area contributed by atoms with Crippen LogP contribution in [-0.4, -0.2) is 10.9 Å². The molecule has 0 saturated heterocycles. The molecule has 0 aliphatic rings. The molecule has 1 heterocycles. The molecule has 0 unspecified atom stereocenters. The number of primary amides is 1. The van der Waals surface area contributed by atoms with Crippen LogP contribution in [0.25, 0.3) is 0 Å². The quantitative estimate of drug-likeness (QED) is 0.792. The topological polar surface area (TPSA) is 56.0 Å². The molecule has 0 saturated carbocycles. The summed E-state index contributed by atoms with van der Waals surface area (Å²) in [7, 11) is 0. The second-order valence-corrected chi connectivity index (χ2v) is 3.18. The normalized spacial score (nSPS) is 11.4. The molecule has 0 aliphatic heterocycles. The number of rotatable bonds is 1. The van der Waals surface area contributed by atoms with E-state index in [-0.39, 0.29) is 10.2 Å². The lowest BCUT2D eigenvalue weighted by Gasteiger charge is -2.07. The predicted octanol–water partition coefficient (Wildman–Crippen LogP) is 1.96. The van der Waals surface area contributed by atoms with Gasteiger partial charge in [-0.25, -0.2) is 4.98 Å². The van der Waals surface area contributed by atoms with E-state index in [1.54, 1.807) is 0 Å². The van der Waals surface area contributed by atoms with E-state index in [1.807, 2.05) is 0 Å². The zero-order valence-electron chi connectivity index (χ0n) is 6.60. The van der Waals surface area contributed by atoms with Crippen molar-refractivity contribution in [2.45, 2.75) is 6.18 Å². The summed E-state index contributed by atoms with van der Waals surface area (Å²) < 4.78 is 36.5. The number of nitrogens with two attached hydrogens (primary N) is 1. The van der Waals surface area contributed by atoms with Crippen molar-refractivity contribution >= 4 is 21.8 Å². The fourth-order valence-corrected chi connectivity index (χ4v) is 1.19. The molecule has 0 radical (unpaired) electrons. The summed E-state index contributed by atoms with van der Waals surface area (Å²) in [5, 5.41) is 0. The molecule has 2 N–H and O–H groups in total. The Hall–Kier alpha value is -1.11. The summed E-state index contributed by atoms with van der Waals surface area (Å²) >= 11 is 2.82. The van der Waals surface area contributed by atoms with E-state index in [0.717, 1.165) is 0 Å². The van der Waals surface area contributed by atoms with Crippen molar-refractivity contribution in [3.63, 3.8) is 0 Å². The number of aromatic nitrogens is 1. The minimum atomic E-state index is -4.53. The number of hydrogen-bond donors (Lipinski definition) is 1. The standard InChI is InChI=1S/C7H4BrF3N2O/c8-5-4(6(12)14)1-3(2-13-5)7(9,10)11/h1-2H,(H2,12,14). The van der Waals surface area contributed by atoms with E-state index in [1.165, 1.54) is 0 Å². The van der Waals surface area contributed by atoms with E-state index in [0.29, 0.717) is 12.3 Å². The van der Waals surface area contributed by atoms with E-state index in [4.69, 9.17) is 5.73 Å². The maximum atomic E-state index is 12.2. The molecular weight excluding hydrogens is 265 g/mol. The number of hydrogen-bond acceptors (Lipinski definition) is 2.